The van der Waals surface area contributed by atoms with Crippen LogP contribution >= 0.6 is 0 Å². The molecule has 2 atom stereocenters. The van der Waals surface area contributed by atoms with E-state index in [1.807, 2.05) is 25.1 Å². The molecule has 0 unspecified atom stereocenters. The number of ether oxygens (including phenoxy) is 2. The van der Waals surface area contributed by atoms with Crippen molar-refractivity contribution in [1.82, 2.24) is 4.90 Å². The molecule has 6 heteroatoms. The van der Waals surface area contributed by atoms with E-state index in [0.717, 1.165) is 5.56 Å². The second-order valence-corrected chi connectivity index (χ2v) is 5.45. The molecule has 0 amide bonds. The van der Waals surface area contributed by atoms with Gasteiger partial charge in [0.05, 0.1) is 25.7 Å². The topological polar surface area (TPSA) is 79.2 Å². The molecular weight excluding hydrogens is 286 g/mol. The van der Waals surface area contributed by atoms with Crippen molar-refractivity contribution in [2.45, 2.75) is 26.0 Å². The second kappa shape index (κ2) is 7.47. The molecule has 1 aliphatic heterocycles. The van der Waals surface area contributed by atoms with Crippen LogP contribution in [0, 0.1) is 5.92 Å². The van der Waals surface area contributed by atoms with Gasteiger partial charge < -0.3 is 19.7 Å². The molecule has 2 N–H and O–H groups in total. The van der Waals surface area contributed by atoms with E-state index in [4.69, 9.17) is 14.6 Å². The van der Waals surface area contributed by atoms with E-state index >= 15 is 0 Å². The number of methoxy groups -OCH3 is 1. The molecule has 1 aromatic carbocycles. The number of nitrogens with zero attached hydrogens (tertiary/aromatic N) is 1. The lowest BCUT2D eigenvalue weighted by molar-refractivity contribution is -0.148. The number of hydrogen-bond acceptors (Lipinski definition) is 5. The van der Waals surface area contributed by atoms with Crippen LogP contribution in [0.25, 0.3) is 0 Å². The number of carboxylic acid groups (broad SMARTS) is 1. The third-order valence-electron chi connectivity index (χ3n) is 3.92. The van der Waals surface area contributed by atoms with E-state index in [1.165, 1.54) is 0 Å². The minimum Gasteiger partial charge on any atom is -0.493 e. The first-order valence-corrected chi connectivity index (χ1v) is 7.48. The van der Waals surface area contributed by atoms with Crippen LogP contribution in [-0.4, -0.2) is 54.0 Å². The molecule has 1 heterocycles. The Labute approximate surface area is 130 Å². The summed E-state index contributed by atoms with van der Waals surface area (Å²) in [6.45, 7) is 4.16. The van der Waals surface area contributed by atoms with Crippen molar-refractivity contribution in [1.29, 1.82) is 0 Å². The molecule has 0 bridgehead atoms. The van der Waals surface area contributed by atoms with Crippen molar-refractivity contribution in [2.24, 2.45) is 5.92 Å². The molecule has 22 heavy (non-hydrogen) atoms. The summed E-state index contributed by atoms with van der Waals surface area (Å²) in [4.78, 5) is 13.1. The molecule has 2 rings (SSSR count). The number of β-amino-alcohol motifs (C(OH)–C–C–N with tert-alkyl or cyclic N) is 1. The second-order valence-electron chi connectivity index (χ2n) is 5.45. The van der Waals surface area contributed by atoms with E-state index in [9.17, 15) is 9.90 Å². The fraction of sp³-hybridized carbons (Fsp3) is 0.562. The van der Waals surface area contributed by atoms with Crippen LogP contribution < -0.4 is 9.47 Å². The van der Waals surface area contributed by atoms with Gasteiger partial charge in [0.25, 0.3) is 0 Å². The number of benzene rings is 1. The van der Waals surface area contributed by atoms with Crippen molar-refractivity contribution >= 4 is 5.97 Å². The number of aliphatic hydroxyl groups excluding tert-OH is 1. The highest BCUT2D eigenvalue weighted by molar-refractivity contribution is 5.70. The Morgan fingerprint density at radius 2 is 2.18 bits per heavy atom. The number of aliphatic hydroxyl groups is 1. The summed E-state index contributed by atoms with van der Waals surface area (Å²) in [6.07, 6.45) is -0.360. The Hall–Kier alpha value is -1.79. The van der Waals surface area contributed by atoms with Gasteiger partial charge in [0, 0.05) is 13.1 Å². The third-order valence-corrected chi connectivity index (χ3v) is 3.92. The molecule has 1 aromatic rings. The van der Waals surface area contributed by atoms with Crippen molar-refractivity contribution in [2.75, 3.05) is 26.8 Å². The maximum atomic E-state index is 11.0. The molecule has 0 aliphatic carbocycles. The first kappa shape index (κ1) is 16.6. The molecule has 122 valence electrons. The third kappa shape index (κ3) is 3.90. The Bertz CT molecular complexity index is 519. The van der Waals surface area contributed by atoms with Crippen molar-refractivity contribution in [3.05, 3.63) is 23.8 Å². The molecular formula is C16H23NO5. The van der Waals surface area contributed by atoms with Crippen LogP contribution in [0.2, 0.25) is 0 Å². The molecule has 1 fully saturated rings. The molecule has 0 saturated carbocycles. The van der Waals surface area contributed by atoms with Gasteiger partial charge in [0.2, 0.25) is 0 Å². The molecule has 1 aliphatic rings. The summed E-state index contributed by atoms with van der Waals surface area (Å²) >= 11 is 0. The first-order chi connectivity index (χ1) is 10.5. The Morgan fingerprint density at radius 3 is 2.77 bits per heavy atom. The van der Waals surface area contributed by atoms with E-state index in [-0.39, 0.29) is 0 Å². The average Bonchev–Trinajstić information content (AvgIpc) is 2.48. The minimum atomic E-state index is -0.921. The number of carbonyl (C=O) groups is 1. The van der Waals surface area contributed by atoms with Gasteiger partial charge in [-0.25, -0.2) is 0 Å². The lowest BCUT2D eigenvalue weighted by Gasteiger charge is -2.34. The fourth-order valence-electron chi connectivity index (χ4n) is 2.77. The number of rotatable bonds is 6. The Morgan fingerprint density at radius 1 is 1.41 bits per heavy atom. The molecule has 1 saturated heterocycles. The first-order valence-electron chi connectivity index (χ1n) is 7.48. The summed E-state index contributed by atoms with van der Waals surface area (Å²) in [5, 5.41) is 19.0. The standard InChI is InChI=1S/C16H23NO5/c1-3-22-14-5-4-11(8-15(14)21-2)9-17-7-6-12(16(19)20)13(18)10-17/h4-5,8,12-13,18H,3,6-7,9-10H2,1-2H3,(H,19,20)/t12-,13+/m0/s1. The van der Waals surface area contributed by atoms with Crippen LogP contribution in [0.15, 0.2) is 18.2 Å². The minimum absolute atomic E-state index is 0.368. The van der Waals surface area contributed by atoms with Crippen LogP contribution in [0.3, 0.4) is 0 Å². The van der Waals surface area contributed by atoms with Gasteiger partial charge in [0.1, 0.15) is 0 Å². The van der Waals surface area contributed by atoms with Gasteiger partial charge in [0.15, 0.2) is 11.5 Å². The lowest BCUT2D eigenvalue weighted by atomic mass is 9.94. The smallest absolute Gasteiger partial charge is 0.309 e. The number of aliphatic carboxylic acids is 1. The Kier molecular flexibility index (Phi) is 5.63. The zero-order chi connectivity index (χ0) is 16.1. The average molecular weight is 309 g/mol. The summed E-state index contributed by atoms with van der Waals surface area (Å²) in [7, 11) is 1.60. The molecule has 0 radical (unpaired) electrons. The van der Waals surface area contributed by atoms with Gasteiger partial charge in [-0.15, -0.1) is 0 Å². The predicted molar refractivity (Wildman–Crippen MR) is 81.2 cm³/mol. The van der Waals surface area contributed by atoms with E-state index < -0.39 is 18.0 Å². The van der Waals surface area contributed by atoms with Gasteiger partial charge in [-0.3, -0.25) is 9.69 Å². The normalized spacial score (nSPS) is 22.3. The quantitative estimate of drug-likeness (QED) is 0.826. The van der Waals surface area contributed by atoms with Crippen LogP contribution in [0.5, 0.6) is 11.5 Å². The van der Waals surface area contributed by atoms with E-state index in [0.29, 0.717) is 44.2 Å². The number of hydrogen-bond donors (Lipinski definition) is 2. The van der Waals surface area contributed by atoms with Crippen LogP contribution in [-0.2, 0) is 11.3 Å². The van der Waals surface area contributed by atoms with Crippen LogP contribution in [0.4, 0.5) is 0 Å². The van der Waals surface area contributed by atoms with E-state index in [1.54, 1.807) is 7.11 Å². The van der Waals surface area contributed by atoms with Crippen molar-refractivity contribution in [3.63, 3.8) is 0 Å². The highest BCUT2D eigenvalue weighted by Crippen LogP contribution is 2.29. The predicted octanol–water partition coefficient (Wildman–Crippen LogP) is 1.36. The maximum Gasteiger partial charge on any atom is 0.309 e. The fourth-order valence-corrected chi connectivity index (χ4v) is 2.77. The van der Waals surface area contributed by atoms with Gasteiger partial charge in [-0.05, 0) is 37.6 Å². The number of piperidine rings is 1. The van der Waals surface area contributed by atoms with Crippen LogP contribution in [0.1, 0.15) is 18.9 Å². The largest absolute Gasteiger partial charge is 0.493 e. The zero-order valence-electron chi connectivity index (χ0n) is 13.0. The van der Waals surface area contributed by atoms with E-state index in [2.05, 4.69) is 4.90 Å². The summed E-state index contributed by atoms with van der Waals surface area (Å²) in [6, 6.07) is 5.75. The highest BCUT2D eigenvalue weighted by Gasteiger charge is 2.32. The summed E-state index contributed by atoms with van der Waals surface area (Å²) in [5.41, 5.74) is 1.04. The molecule has 0 spiro atoms. The summed E-state index contributed by atoms with van der Waals surface area (Å²) in [5.74, 6) is -0.195. The van der Waals surface area contributed by atoms with Crippen molar-refractivity contribution < 1.29 is 24.5 Å². The Balaban J connectivity index is 2.01. The van der Waals surface area contributed by atoms with Crippen molar-refractivity contribution in [3.8, 4) is 11.5 Å². The SMILES string of the molecule is CCOc1ccc(CN2CC[C@H](C(=O)O)[C@H](O)C2)cc1OC. The molecule has 6 nitrogen and oxygen atoms in total. The lowest BCUT2D eigenvalue weighted by Crippen LogP contribution is -2.46. The van der Waals surface area contributed by atoms with Gasteiger partial charge in [-0.1, -0.05) is 6.07 Å². The summed E-state index contributed by atoms with van der Waals surface area (Å²) < 4.78 is 10.8. The monoisotopic (exact) mass is 309 g/mol. The number of likely N-dealkylation sites (tertiary alicyclic amines) is 1. The maximum absolute atomic E-state index is 11.0. The van der Waals surface area contributed by atoms with Gasteiger partial charge >= 0.3 is 5.97 Å². The zero-order valence-corrected chi connectivity index (χ0v) is 13.0. The molecule has 0 aromatic heterocycles. The highest BCUT2D eigenvalue weighted by atomic mass is 16.5. The van der Waals surface area contributed by atoms with Gasteiger partial charge in [-0.2, -0.15) is 0 Å². The number of carboxylic acids is 1.